The van der Waals surface area contributed by atoms with Gasteiger partial charge >= 0.3 is 0 Å². The van der Waals surface area contributed by atoms with Gasteiger partial charge in [0.25, 0.3) is 0 Å². The molecule has 0 unspecified atom stereocenters. The van der Waals surface area contributed by atoms with Crippen LogP contribution in [0.4, 0.5) is 0 Å². The van der Waals surface area contributed by atoms with E-state index in [4.69, 9.17) is 4.74 Å². The number of hydrogen-bond acceptors (Lipinski definition) is 4. The molecule has 0 heterocycles. The number of likely N-dealkylation sites (N-methyl/N-ethyl adjacent to an activating group) is 1. The third kappa shape index (κ3) is 4.23. The number of hydrogen-bond donors (Lipinski definition) is 1. The van der Waals surface area contributed by atoms with E-state index in [1.807, 2.05) is 60.7 Å². The van der Waals surface area contributed by atoms with Crippen LogP contribution in [0.5, 0.6) is 5.75 Å². The zero-order valence-corrected chi connectivity index (χ0v) is 17.2. The molecule has 152 valence electrons. The van der Waals surface area contributed by atoms with E-state index in [2.05, 4.69) is 30.1 Å². The Balaban J connectivity index is 1.52. The van der Waals surface area contributed by atoms with Crippen LogP contribution in [0.1, 0.15) is 40.3 Å². The standard InChI is InChI=1S/C26H26N2O2/c1-28(17-19-8-4-2-5-9-19)24-14-12-21-22(26(24)29)13-15-25(23(21)16-27)30-18-20-10-6-3-7-11-20/h2-11,13,15,24,26,29H,12,14,17-18H2,1H3/t24-,26+/m1/s1. The SMILES string of the molecule is CN(Cc1ccccc1)[C@@H]1CCc2c(ccc(OCc3ccccc3)c2C#N)[C@@H]1O. The van der Waals surface area contributed by atoms with Crippen LogP contribution in [0.2, 0.25) is 0 Å². The molecule has 0 spiro atoms. The molecule has 0 aliphatic heterocycles. The fourth-order valence-electron chi connectivity index (χ4n) is 4.27. The highest BCUT2D eigenvalue weighted by molar-refractivity contribution is 5.54. The van der Waals surface area contributed by atoms with Crippen LogP contribution >= 0.6 is 0 Å². The summed E-state index contributed by atoms with van der Waals surface area (Å²) in [7, 11) is 2.05. The molecule has 3 aromatic rings. The summed E-state index contributed by atoms with van der Waals surface area (Å²) in [4.78, 5) is 2.20. The van der Waals surface area contributed by atoms with Gasteiger partial charge in [0.2, 0.25) is 0 Å². The van der Waals surface area contributed by atoms with Crippen LogP contribution < -0.4 is 4.74 Å². The average Bonchev–Trinajstić information content (AvgIpc) is 2.78. The number of aliphatic hydroxyl groups excluding tert-OH is 1. The van der Waals surface area contributed by atoms with E-state index in [-0.39, 0.29) is 6.04 Å². The van der Waals surface area contributed by atoms with Crippen molar-refractivity contribution in [2.75, 3.05) is 7.05 Å². The van der Waals surface area contributed by atoms with Gasteiger partial charge in [-0.1, -0.05) is 66.7 Å². The number of fused-ring (bicyclic) bond motifs is 1. The minimum Gasteiger partial charge on any atom is -0.488 e. The molecule has 0 aromatic heterocycles. The van der Waals surface area contributed by atoms with Crippen LogP contribution in [0.15, 0.2) is 72.8 Å². The number of nitriles is 1. The van der Waals surface area contributed by atoms with Gasteiger partial charge in [0, 0.05) is 12.6 Å². The molecule has 4 heteroatoms. The van der Waals surface area contributed by atoms with Gasteiger partial charge in [0.15, 0.2) is 0 Å². The van der Waals surface area contributed by atoms with E-state index in [0.29, 0.717) is 17.9 Å². The van der Waals surface area contributed by atoms with Crippen molar-refractivity contribution >= 4 is 0 Å². The summed E-state index contributed by atoms with van der Waals surface area (Å²) < 4.78 is 5.95. The highest BCUT2D eigenvalue weighted by Gasteiger charge is 2.33. The number of benzene rings is 3. The van der Waals surface area contributed by atoms with Gasteiger partial charge in [0.05, 0.1) is 11.7 Å². The Morgan fingerprint density at radius 2 is 1.67 bits per heavy atom. The predicted molar refractivity (Wildman–Crippen MR) is 117 cm³/mol. The molecule has 0 amide bonds. The van der Waals surface area contributed by atoms with E-state index in [1.54, 1.807) is 0 Å². The zero-order valence-electron chi connectivity index (χ0n) is 17.2. The van der Waals surface area contributed by atoms with Gasteiger partial charge in [-0.3, -0.25) is 4.90 Å². The number of ether oxygens (including phenoxy) is 1. The van der Waals surface area contributed by atoms with E-state index < -0.39 is 6.10 Å². The summed E-state index contributed by atoms with van der Waals surface area (Å²) in [5, 5.41) is 20.9. The van der Waals surface area contributed by atoms with Crippen LogP contribution in [0.25, 0.3) is 0 Å². The second kappa shape index (κ2) is 9.13. The monoisotopic (exact) mass is 398 g/mol. The summed E-state index contributed by atoms with van der Waals surface area (Å²) >= 11 is 0. The zero-order chi connectivity index (χ0) is 20.9. The third-order valence-corrected chi connectivity index (χ3v) is 5.87. The Hall–Kier alpha value is -3.13. The molecular weight excluding hydrogens is 372 g/mol. The van der Waals surface area contributed by atoms with Crippen molar-refractivity contribution in [2.45, 2.75) is 38.1 Å². The summed E-state index contributed by atoms with van der Waals surface area (Å²) in [5.41, 5.74) is 4.59. The van der Waals surface area contributed by atoms with Gasteiger partial charge in [-0.2, -0.15) is 5.26 Å². The summed E-state index contributed by atoms with van der Waals surface area (Å²) in [6.07, 6.45) is 0.924. The second-order valence-corrected chi connectivity index (χ2v) is 7.84. The first-order valence-electron chi connectivity index (χ1n) is 10.3. The van der Waals surface area contributed by atoms with E-state index in [9.17, 15) is 10.4 Å². The molecule has 0 saturated carbocycles. The maximum atomic E-state index is 11.1. The highest BCUT2D eigenvalue weighted by atomic mass is 16.5. The average molecular weight is 399 g/mol. The Bertz CT molecular complexity index is 1030. The lowest BCUT2D eigenvalue weighted by molar-refractivity contribution is 0.0461. The van der Waals surface area contributed by atoms with E-state index in [0.717, 1.165) is 36.1 Å². The van der Waals surface area contributed by atoms with Crippen molar-refractivity contribution in [1.29, 1.82) is 5.26 Å². The Morgan fingerprint density at radius 3 is 2.33 bits per heavy atom. The largest absolute Gasteiger partial charge is 0.488 e. The first kappa shape index (κ1) is 20.2. The predicted octanol–water partition coefficient (Wildman–Crippen LogP) is 4.62. The minimum absolute atomic E-state index is 0.0142. The van der Waals surface area contributed by atoms with Crippen molar-refractivity contribution in [3.05, 3.63) is 101 Å². The lowest BCUT2D eigenvalue weighted by Gasteiger charge is -2.37. The van der Waals surface area contributed by atoms with Crippen LogP contribution in [-0.4, -0.2) is 23.1 Å². The maximum absolute atomic E-state index is 11.1. The van der Waals surface area contributed by atoms with Gasteiger partial charge in [-0.15, -0.1) is 0 Å². The molecule has 1 N–H and O–H groups in total. The fraction of sp³-hybridized carbons (Fsp3) is 0.269. The molecule has 0 bridgehead atoms. The molecule has 3 aromatic carbocycles. The van der Waals surface area contributed by atoms with E-state index in [1.165, 1.54) is 5.56 Å². The third-order valence-electron chi connectivity index (χ3n) is 5.87. The first-order chi connectivity index (χ1) is 14.7. The van der Waals surface area contributed by atoms with Gasteiger partial charge < -0.3 is 9.84 Å². The van der Waals surface area contributed by atoms with Gasteiger partial charge in [-0.05, 0) is 48.2 Å². The van der Waals surface area contributed by atoms with Crippen LogP contribution in [-0.2, 0) is 19.6 Å². The summed E-state index contributed by atoms with van der Waals surface area (Å²) in [6.45, 7) is 1.20. The first-order valence-corrected chi connectivity index (χ1v) is 10.3. The van der Waals surface area contributed by atoms with Crippen molar-refractivity contribution in [3.8, 4) is 11.8 Å². The molecular formula is C26H26N2O2. The molecule has 0 saturated heterocycles. The Kier molecular flexibility index (Phi) is 6.13. The molecule has 1 aliphatic carbocycles. The lowest BCUT2D eigenvalue weighted by atomic mass is 9.82. The van der Waals surface area contributed by atoms with E-state index >= 15 is 0 Å². The molecule has 1 aliphatic rings. The lowest BCUT2D eigenvalue weighted by Crippen LogP contribution is -2.39. The minimum atomic E-state index is -0.627. The molecule has 0 fully saturated rings. The van der Waals surface area contributed by atoms with Gasteiger partial charge in [0.1, 0.15) is 18.4 Å². The normalized spacial score (nSPS) is 17.9. The van der Waals surface area contributed by atoms with Crippen molar-refractivity contribution < 1.29 is 9.84 Å². The molecule has 0 radical (unpaired) electrons. The second-order valence-electron chi connectivity index (χ2n) is 7.84. The summed E-state index contributed by atoms with van der Waals surface area (Å²) in [6, 6.07) is 26.3. The van der Waals surface area contributed by atoms with Crippen molar-refractivity contribution in [2.24, 2.45) is 0 Å². The topological polar surface area (TPSA) is 56.5 Å². The fourth-order valence-corrected chi connectivity index (χ4v) is 4.27. The van der Waals surface area contributed by atoms with Crippen LogP contribution in [0, 0.1) is 11.3 Å². The summed E-state index contributed by atoms with van der Waals surface area (Å²) in [5.74, 6) is 0.586. The van der Waals surface area contributed by atoms with Gasteiger partial charge in [-0.25, -0.2) is 0 Å². The van der Waals surface area contributed by atoms with Crippen molar-refractivity contribution in [3.63, 3.8) is 0 Å². The molecule has 4 rings (SSSR count). The highest BCUT2D eigenvalue weighted by Crippen LogP contribution is 2.38. The van der Waals surface area contributed by atoms with Crippen molar-refractivity contribution in [1.82, 2.24) is 4.90 Å². The molecule has 2 atom stereocenters. The number of aliphatic hydroxyl groups is 1. The molecule has 4 nitrogen and oxygen atoms in total. The Labute approximate surface area is 178 Å². The van der Waals surface area contributed by atoms with Crippen LogP contribution in [0.3, 0.4) is 0 Å². The number of nitrogens with zero attached hydrogens (tertiary/aromatic N) is 2. The Morgan fingerprint density at radius 1 is 1.00 bits per heavy atom. The number of rotatable bonds is 6. The maximum Gasteiger partial charge on any atom is 0.137 e. The molecule has 30 heavy (non-hydrogen) atoms. The smallest absolute Gasteiger partial charge is 0.137 e. The quantitative estimate of drug-likeness (QED) is 0.658.